The Morgan fingerprint density at radius 1 is 1.17 bits per heavy atom. The Morgan fingerprint density at radius 2 is 1.78 bits per heavy atom. The molecule has 0 aromatic heterocycles. The Hall–Kier alpha value is -1.69. The zero-order chi connectivity index (χ0) is 12.7. The molecule has 3 rings (SSSR count). The largest absolute Gasteiger partial charge is 0.347 e. The van der Waals surface area contributed by atoms with E-state index in [9.17, 15) is 13.6 Å². The van der Waals surface area contributed by atoms with Crippen LogP contribution in [0.25, 0.3) is 0 Å². The molecule has 2 heterocycles. The number of hydrogen-bond acceptors (Lipinski definition) is 2. The Morgan fingerprint density at radius 3 is 2.39 bits per heavy atom. The number of carbonyl (C=O) groups excluding carboxylic acids is 1. The van der Waals surface area contributed by atoms with E-state index in [0.717, 1.165) is 15.5 Å². The van der Waals surface area contributed by atoms with E-state index < -0.39 is 24.6 Å². The number of halogens is 2. The quantitative estimate of drug-likeness (QED) is 0.719. The normalized spacial score (nSPS) is 30.7. The summed E-state index contributed by atoms with van der Waals surface area (Å²) >= 11 is 0. The predicted octanol–water partition coefficient (Wildman–Crippen LogP) is 2.04. The van der Waals surface area contributed by atoms with Crippen LogP contribution >= 0.6 is 0 Å². The van der Waals surface area contributed by atoms with Crippen molar-refractivity contribution in [1.29, 1.82) is 0 Å². The molecular weight excluding hydrogens is 242 g/mol. The Labute approximate surface area is 103 Å². The lowest BCUT2D eigenvalue weighted by molar-refractivity contribution is 0.143. The number of rotatable bonds is 1. The van der Waals surface area contributed by atoms with Gasteiger partial charge in [-0.15, -0.1) is 0 Å². The first-order chi connectivity index (χ1) is 8.66. The average Bonchev–Trinajstić information content (AvgIpc) is 3.11. The highest BCUT2D eigenvalue weighted by atomic mass is 19.2. The van der Waals surface area contributed by atoms with Gasteiger partial charge < -0.3 is 4.90 Å². The first kappa shape index (κ1) is 11.4. The summed E-state index contributed by atoms with van der Waals surface area (Å²) in [4.78, 5) is 18.2. The van der Waals surface area contributed by atoms with Crippen molar-refractivity contribution in [3.63, 3.8) is 0 Å². The molecule has 2 aliphatic rings. The highest BCUT2D eigenvalue weighted by Crippen LogP contribution is 2.38. The number of hydroxylamine groups is 2. The van der Waals surface area contributed by atoms with Crippen LogP contribution in [0.15, 0.2) is 30.3 Å². The van der Waals surface area contributed by atoms with E-state index in [1.165, 1.54) is 0 Å². The second-order valence-corrected chi connectivity index (χ2v) is 4.41. The summed E-state index contributed by atoms with van der Waals surface area (Å²) in [5.41, 5.74) is 0.846. The molecule has 0 bridgehead atoms. The van der Waals surface area contributed by atoms with Gasteiger partial charge in [-0.2, -0.15) is 5.06 Å². The fourth-order valence-corrected chi connectivity index (χ4v) is 2.06. The molecule has 1 aromatic carbocycles. The van der Waals surface area contributed by atoms with Gasteiger partial charge in [0, 0.05) is 5.56 Å². The van der Waals surface area contributed by atoms with Crippen molar-refractivity contribution in [3.8, 4) is 0 Å². The first-order valence-corrected chi connectivity index (χ1v) is 5.75. The molecule has 3 atom stereocenters. The lowest BCUT2D eigenvalue weighted by atomic mass is 10.2. The minimum Gasteiger partial charge on any atom is -0.317 e. The molecule has 0 radical (unpaired) electrons. The van der Waals surface area contributed by atoms with Gasteiger partial charge in [0.1, 0.15) is 0 Å². The maximum atomic E-state index is 13.0. The van der Waals surface area contributed by atoms with E-state index in [-0.39, 0.29) is 13.1 Å². The maximum Gasteiger partial charge on any atom is 0.347 e. The van der Waals surface area contributed by atoms with Gasteiger partial charge >= 0.3 is 6.03 Å². The van der Waals surface area contributed by atoms with Gasteiger partial charge in [-0.25, -0.2) is 18.4 Å². The monoisotopic (exact) mass is 254 g/mol. The van der Waals surface area contributed by atoms with E-state index >= 15 is 0 Å². The molecule has 2 saturated heterocycles. The number of urea groups is 1. The van der Waals surface area contributed by atoms with Crippen molar-refractivity contribution in [2.24, 2.45) is 0 Å². The van der Waals surface area contributed by atoms with Crippen LogP contribution in [0.4, 0.5) is 13.6 Å². The van der Waals surface area contributed by atoms with Crippen molar-refractivity contribution in [3.05, 3.63) is 35.9 Å². The zero-order valence-corrected chi connectivity index (χ0v) is 9.50. The maximum absolute atomic E-state index is 13.0. The van der Waals surface area contributed by atoms with Gasteiger partial charge in [-0.05, 0) is 0 Å². The third-order valence-electron chi connectivity index (χ3n) is 3.11. The van der Waals surface area contributed by atoms with E-state index in [1.807, 2.05) is 30.3 Å². The molecule has 96 valence electrons. The Bertz CT molecular complexity index is 447. The lowest BCUT2D eigenvalue weighted by Crippen LogP contribution is -2.33. The summed E-state index contributed by atoms with van der Waals surface area (Å²) in [5.74, 6) is 0. The molecule has 6 heteroatoms. The number of nitrogens with zero attached hydrogens (tertiary/aromatic N) is 2. The fraction of sp³-hybridized carbons (Fsp3) is 0.417. The summed E-state index contributed by atoms with van der Waals surface area (Å²) in [6, 6.07) is 8.72. The molecule has 2 aliphatic heterocycles. The van der Waals surface area contributed by atoms with Crippen LogP contribution in [0.3, 0.4) is 0 Å². The van der Waals surface area contributed by atoms with Crippen LogP contribution in [0.2, 0.25) is 0 Å². The van der Waals surface area contributed by atoms with Gasteiger partial charge in [0.05, 0.1) is 13.1 Å². The molecule has 0 spiro atoms. The van der Waals surface area contributed by atoms with Crippen LogP contribution in [-0.4, -0.2) is 41.4 Å². The highest BCUT2D eigenvalue weighted by molar-refractivity contribution is 5.75. The minimum atomic E-state index is -1.59. The second-order valence-electron chi connectivity index (χ2n) is 4.41. The molecule has 18 heavy (non-hydrogen) atoms. The molecule has 1 aromatic rings. The Balaban J connectivity index is 1.63. The van der Waals surface area contributed by atoms with Crippen LogP contribution in [-0.2, 0) is 4.84 Å². The summed E-state index contributed by atoms with van der Waals surface area (Å²) in [5, 5.41) is 1.14. The van der Waals surface area contributed by atoms with Crippen LogP contribution < -0.4 is 0 Å². The van der Waals surface area contributed by atoms with Gasteiger partial charge in [-0.1, -0.05) is 30.3 Å². The number of likely N-dealkylation sites (tertiary alicyclic amines) is 1. The third-order valence-corrected chi connectivity index (χ3v) is 3.11. The van der Waals surface area contributed by atoms with Crippen molar-refractivity contribution in [1.82, 2.24) is 9.96 Å². The van der Waals surface area contributed by atoms with Crippen molar-refractivity contribution >= 4 is 6.03 Å². The van der Waals surface area contributed by atoms with Crippen molar-refractivity contribution in [2.75, 3.05) is 13.1 Å². The standard InChI is InChI=1S/C12H12F2N2O2/c13-9-6-15(7-10(9)14)12(17)16-11(18-16)8-4-2-1-3-5-8/h1-5,9-11H,6-7H2/t9-,10+,11?,16?. The molecule has 4 nitrogen and oxygen atoms in total. The van der Waals surface area contributed by atoms with Gasteiger partial charge in [0.15, 0.2) is 12.3 Å². The first-order valence-electron chi connectivity index (χ1n) is 5.75. The number of alkyl halides is 2. The van der Waals surface area contributed by atoms with Crippen molar-refractivity contribution in [2.45, 2.75) is 18.6 Å². The SMILES string of the molecule is O=C(N1C[C@@H](F)[C@@H](F)C1)N1OC1c1ccccc1. The molecule has 0 saturated carbocycles. The third kappa shape index (κ3) is 1.92. The minimum absolute atomic E-state index is 0.207. The van der Waals surface area contributed by atoms with E-state index in [0.29, 0.717) is 0 Å². The second kappa shape index (κ2) is 4.20. The number of benzene rings is 1. The average molecular weight is 254 g/mol. The summed E-state index contributed by atoms with van der Waals surface area (Å²) in [6.45, 7) is -0.414. The lowest BCUT2D eigenvalue weighted by Gasteiger charge is -2.13. The van der Waals surface area contributed by atoms with Gasteiger partial charge in [0.25, 0.3) is 0 Å². The van der Waals surface area contributed by atoms with Gasteiger partial charge in [-0.3, -0.25) is 0 Å². The van der Waals surface area contributed by atoms with E-state index in [4.69, 9.17) is 4.84 Å². The zero-order valence-electron chi connectivity index (χ0n) is 9.50. The summed E-state index contributed by atoms with van der Waals surface area (Å²) in [6.07, 6.45) is -3.62. The number of amides is 2. The molecule has 1 unspecified atom stereocenters. The Kier molecular flexibility index (Phi) is 2.66. The van der Waals surface area contributed by atoms with Crippen molar-refractivity contribution < 1.29 is 18.4 Å². The van der Waals surface area contributed by atoms with E-state index in [1.54, 1.807) is 0 Å². The van der Waals surface area contributed by atoms with Crippen LogP contribution in [0.5, 0.6) is 0 Å². The summed E-state index contributed by atoms with van der Waals surface area (Å²) < 4.78 is 26.0. The summed E-state index contributed by atoms with van der Waals surface area (Å²) in [7, 11) is 0. The molecular formula is C12H12F2N2O2. The molecule has 2 amide bonds. The molecule has 0 N–H and O–H groups in total. The van der Waals surface area contributed by atoms with E-state index in [2.05, 4.69) is 0 Å². The molecule has 0 aliphatic carbocycles. The fourth-order valence-electron chi connectivity index (χ4n) is 2.06. The topological polar surface area (TPSA) is 35.9 Å². The predicted molar refractivity (Wildman–Crippen MR) is 58.9 cm³/mol. The highest BCUT2D eigenvalue weighted by Gasteiger charge is 2.47. The smallest absolute Gasteiger partial charge is 0.317 e. The van der Waals surface area contributed by atoms with Crippen LogP contribution in [0, 0.1) is 0 Å². The van der Waals surface area contributed by atoms with Gasteiger partial charge in [0.2, 0.25) is 6.23 Å². The van der Waals surface area contributed by atoms with Crippen LogP contribution in [0.1, 0.15) is 11.8 Å². The number of carbonyl (C=O) groups is 1. The number of hydrogen-bond donors (Lipinski definition) is 0. The molecule has 2 fully saturated rings.